The summed E-state index contributed by atoms with van der Waals surface area (Å²) in [5, 5.41) is 3.38. The summed E-state index contributed by atoms with van der Waals surface area (Å²) in [6, 6.07) is 10.0. The van der Waals surface area contributed by atoms with Gasteiger partial charge in [0.25, 0.3) is 0 Å². The van der Waals surface area contributed by atoms with Crippen molar-refractivity contribution in [3.63, 3.8) is 0 Å². The number of benzene rings is 1. The number of anilines is 2. The summed E-state index contributed by atoms with van der Waals surface area (Å²) in [6.07, 6.45) is 1.00. The number of nitrogens with two attached hydrogens (primary N) is 1. The molecular weight excluding hydrogens is 324 g/mol. The monoisotopic (exact) mass is 340 g/mol. The Morgan fingerprint density at radius 3 is 2.84 bits per heavy atom. The molecule has 1 heterocycles. The van der Waals surface area contributed by atoms with Gasteiger partial charge >= 0.3 is 0 Å². The first-order chi connectivity index (χ1) is 9.19. The molecule has 1 aromatic heterocycles. The number of nitrogens with one attached hydrogen (secondary N) is 1. The predicted molar refractivity (Wildman–Crippen MR) is 86.2 cm³/mol. The van der Waals surface area contributed by atoms with Crippen LogP contribution < -0.4 is 15.8 Å². The lowest BCUT2D eigenvalue weighted by molar-refractivity contribution is 0.342. The maximum Gasteiger partial charge on any atom is 0.144 e. The summed E-state index contributed by atoms with van der Waals surface area (Å²) in [5.41, 5.74) is 7.55. The topological polar surface area (TPSA) is 47.3 Å². The molecule has 0 aliphatic rings. The number of nitrogen functional groups attached to an aromatic ring is 1. The zero-order valence-electron chi connectivity index (χ0n) is 10.8. The second-order valence-electron chi connectivity index (χ2n) is 4.07. The summed E-state index contributed by atoms with van der Waals surface area (Å²) < 4.78 is 6.65. The van der Waals surface area contributed by atoms with Crippen LogP contribution in [0.25, 0.3) is 0 Å². The van der Waals surface area contributed by atoms with Crippen molar-refractivity contribution < 1.29 is 4.74 Å². The van der Waals surface area contributed by atoms with E-state index in [0.717, 1.165) is 24.4 Å². The molecule has 0 saturated heterocycles. The maximum atomic E-state index is 5.84. The van der Waals surface area contributed by atoms with Gasteiger partial charge in [0.1, 0.15) is 5.75 Å². The van der Waals surface area contributed by atoms with E-state index < -0.39 is 0 Å². The Balaban J connectivity index is 1.90. The van der Waals surface area contributed by atoms with Crippen molar-refractivity contribution in [2.24, 2.45) is 0 Å². The summed E-state index contributed by atoms with van der Waals surface area (Å²) >= 11 is 5.24. The molecule has 0 unspecified atom stereocenters. The van der Waals surface area contributed by atoms with Crippen LogP contribution in [0.15, 0.2) is 34.1 Å². The molecule has 0 amide bonds. The number of hydrogen-bond acceptors (Lipinski definition) is 4. The van der Waals surface area contributed by atoms with Gasteiger partial charge in [-0.15, -0.1) is 11.3 Å². The molecule has 2 aromatic rings. The molecule has 19 heavy (non-hydrogen) atoms. The fourth-order valence-corrected chi connectivity index (χ4v) is 3.22. The fourth-order valence-electron chi connectivity index (χ4n) is 1.74. The molecule has 1 aromatic carbocycles. The molecule has 0 aliphatic heterocycles. The first-order valence-electron chi connectivity index (χ1n) is 6.19. The summed E-state index contributed by atoms with van der Waals surface area (Å²) in [5.74, 6) is 0.742. The lowest BCUT2D eigenvalue weighted by Gasteiger charge is -2.10. The zero-order chi connectivity index (χ0) is 13.7. The van der Waals surface area contributed by atoms with E-state index >= 15 is 0 Å². The highest BCUT2D eigenvalue weighted by Crippen LogP contribution is 2.26. The van der Waals surface area contributed by atoms with Crippen LogP contribution in [0.5, 0.6) is 5.75 Å². The Hall–Kier alpha value is -1.20. The van der Waals surface area contributed by atoms with Gasteiger partial charge in [-0.2, -0.15) is 0 Å². The van der Waals surface area contributed by atoms with E-state index in [2.05, 4.69) is 33.4 Å². The van der Waals surface area contributed by atoms with Gasteiger partial charge in [-0.3, -0.25) is 0 Å². The number of rotatable bonds is 6. The molecule has 0 radical (unpaired) electrons. The second-order valence-corrected chi connectivity index (χ2v) is 6.62. The molecule has 2 rings (SSSR count). The van der Waals surface area contributed by atoms with Gasteiger partial charge in [0.05, 0.1) is 16.1 Å². The molecule has 0 bridgehead atoms. The predicted octanol–water partition coefficient (Wildman–Crippen LogP) is 4.15. The minimum absolute atomic E-state index is 0.622. The van der Waals surface area contributed by atoms with E-state index in [9.17, 15) is 0 Å². The highest BCUT2D eigenvalue weighted by molar-refractivity contribution is 9.11. The minimum atomic E-state index is 0.622. The SMILES string of the molecule is CCOc1cc(NCCc2ccc(Br)s2)ccc1N. The van der Waals surface area contributed by atoms with E-state index in [-0.39, 0.29) is 0 Å². The van der Waals surface area contributed by atoms with Gasteiger partial charge in [-0.05, 0) is 53.5 Å². The van der Waals surface area contributed by atoms with Crippen molar-refractivity contribution in [1.29, 1.82) is 0 Å². The molecule has 0 saturated carbocycles. The Morgan fingerprint density at radius 2 is 2.16 bits per heavy atom. The number of hydrogen-bond donors (Lipinski definition) is 2. The standard InChI is InChI=1S/C14H17BrN2OS/c1-2-18-13-9-10(3-5-12(13)16)17-8-7-11-4-6-14(15)19-11/h3-6,9,17H,2,7-8,16H2,1H3. The molecule has 5 heteroatoms. The van der Waals surface area contributed by atoms with E-state index in [1.54, 1.807) is 11.3 Å². The lowest BCUT2D eigenvalue weighted by atomic mass is 10.2. The summed E-state index contributed by atoms with van der Waals surface area (Å²) in [7, 11) is 0. The lowest BCUT2D eigenvalue weighted by Crippen LogP contribution is -2.05. The Bertz CT molecular complexity index is 542. The number of ether oxygens (including phenoxy) is 1. The molecule has 0 fully saturated rings. The van der Waals surface area contributed by atoms with E-state index in [1.807, 2.05) is 25.1 Å². The average Bonchev–Trinajstić information content (AvgIpc) is 2.79. The van der Waals surface area contributed by atoms with Crippen LogP contribution in [-0.2, 0) is 6.42 Å². The average molecular weight is 341 g/mol. The van der Waals surface area contributed by atoms with Crippen LogP contribution in [0.2, 0.25) is 0 Å². The van der Waals surface area contributed by atoms with Gasteiger partial charge in [-0.1, -0.05) is 0 Å². The highest BCUT2D eigenvalue weighted by Gasteiger charge is 2.02. The molecule has 0 aliphatic carbocycles. The second kappa shape index (κ2) is 6.82. The van der Waals surface area contributed by atoms with Crippen LogP contribution in [0.4, 0.5) is 11.4 Å². The van der Waals surface area contributed by atoms with E-state index in [0.29, 0.717) is 12.3 Å². The largest absolute Gasteiger partial charge is 0.492 e. The van der Waals surface area contributed by atoms with Crippen LogP contribution in [0.1, 0.15) is 11.8 Å². The molecule has 0 spiro atoms. The van der Waals surface area contributed by atoms with Crippen molar-refractivity contribution in [2.45, 2.75) is 13.3 Å². The first kappa shape index (κ1) is 14.2. The van der Waals surface area contributed by atoms with Crippen LogP contribution >= 0.6 is 27.3 Å². The van der Waals surface area contributed by atoms with Crippen LogP contribution in [-0.4, -0.2) is 13.2 Å². The third kappa shape index (κ3) is 4.14. The Labute approximate surface area is 125 Å². The van der Waals surface area contributed by atoms with Crippen LogP contribution in [0, 0.1) is 0 Å². The van der Waals surface area contributed by atoms with Gasteiger partial charge < -0.3 is 15.8 Å². The molecular formula is C14H17BrN2OS. The van der Waals surface area contributed by atoms with E-state index in [1.165, 1.54) is 8.66 Å². The van der Waals surface area contributed by atoms with Gasteiger partial charge in [0.15, 0.2) is 0 Å². The van der Waals surface area contributed by atoms with Gasteiger partial charge in [0.2, 0.25) is 0 Å². The van der Waals surface area contributed by atoms with Crippen molar-refractivity contribution in [3.05, 3.63) is 39.0 Å². The third-order valence-electron chi connectivity index (χ3n) is 2.64. The fraction of sp³-hybridized carbons (Fsp3) is 0.286. The van der Waals surface area contributed by atoms with Crippen molar-refractivity contribution in [2.75, 3.05) is 24.2 Å². The van der Waals surface area contributed by atoms with Gasteiger partial charge in [0, 0.05) is 23.2 Å². The minimum Gasteiger partial charge on any atom is -0.492 e. The molecule has 3 nitrogen and oxygen atoms in total. The Kier molecular flexibility index (Phi) is 5.10. The Morgan fingerprint density at radius 1 is 1.32 bits per heavy atom. The summed E-state index contributed by atoms with van der Waals surface area (Å²) in [4.78, 5) is 1.36. The molecule has 3 N–H and O–H groups in total. The maximum absolute atomic E-state index is 5.84. The quantitative estimate of drug-likeness (QED) is 0.776. The molecule has 102 valence electrons. The zero-order valence-corrected chi connectivity index (χ0v) is 13.2. The summed E-state index contributed by atoms with van der Waals surface area (Å²) in [6.45, 7) is 3.47. The molecule has 0 atom stereocenters. The third-order valence-corrected chi connectivity index (χ3v) is 4.33. The first-order valence-corrected chi connectivity index (χ1v) is 7.80. The smallest absolute Gasteiger partial charge is 0.144 e. The highest BCUT2D eigenvalue weighted by atomic mass is 79.9. The van der Waals surface area contributed by atoms with Crippen molar-refractivity contribution >= 4 is 38.6 Å². The van der Waals surface area contributed by atoms with Crippen LogP contribution in [0.3, 0.4) is 0 Å². The van der Waals surface area contributed by atoms with Gasteiger partial charge in [-0.25, -0.2) is 0 Å². The van der Waals surface area contributed by atoms with E-state index in [4.69, 9.17) is 10.5 Å². The van der Waals surface area contributed by atoms with Crippen molar-refractivity contribution in [1.82, 2.24) is 0 Å². The number of thiophene rings is 1. The van der Waals surface area contributed by atoms with Crippen molar-refractivity contribution in [3.8, 4) is 5.75 Å². The normalized spacial score (nSPS) is 10.4. The number of halogens is 1.